The van der Waals surface area contributed by atoms with E-state index in [1.54, 1.807) is 6.08 Å². The first-order valence-corrected chi connectivity index (χ1v) is 38.0. The number of aliphatic hydroxyl groups is 2. The van der Waals surface area contributed by atoms with Crippen LogP contribution in [0.2, 0.25) is 0 Å². The summed E-state index contributed by atoms with van der Waals surface area (Å²) < 4.78 is 5.51. The average Bonchev–Trinajstić information content (AvgIpc) is 3.48. The highest BCUT2D eigenvalue weighted by Crippen LogP contribution is 2.20. The molecule has 1 amide bonds. The number of unbranched alkanes of at least 4 members (excludes halogenated alkanes) is 61. The van der Waals surface area contributed by atoms with Crippen molar-refractivity contribution >= 4 is 11.9 Å². The summed E-state index contributed by atoms with van der Waals surface area (Å²) in [5.41, 5.74) is 0. The van der Waals surface area contributed by atoms with Gasteiger partial charge >= 0.3 is 5.97 Å². The summed E-state index contributed by atoms with van der Waals surface area (Å²) in [6.45, 7) is 4.96. The van der Waals surface area contributed by atoms with E-state index in [9.17, 15) is 19.8 Å². The van der Waals surface area contributed by atoms with Gasteiger partial charge in [0.25, 0.3) is 0 Å². The van der Waals surface area contributed by atoms with Crippen LogP contribution in [0, 0.1) is 0 Å². The fourth-order valence-corrected chi connectivity index (χ4v) is 12.3. The molecule has 6 nitrogen and oxygen atoms in total. The Morgan fingerprint density at radius 2 is 0.561 bits per heavy atom. The van der Waals surface area contributed by atoms with Gasteiger partial charge in [-0.05, 0) is 32.1 Å². The van der Waals surface area contributed by atoms with Crippen molar-refractivity contribution in [1.82, 2.24) is 5.32 Å². The molecule has 0 aliphatic carbocycles. The smallest absolute Gasteiger partial charge is 0.305 e. The van der Waals surface area contributed by atoms with Crippen molar-refractivity contribution in [1.29, 1.82) is 0 Å². The lowest BCUT2D eigenvalue weighted by Gasteiger charge is -2.20. The number of esters is 1. The van der Waals surface area contributed by atoms with Crippen molar-refractivity contribution in [2.75, 3.05) is 13.2 Å². The molecule has 0 aromatic heterocycles. The fraction of sp³-hybridized carbons (Fsp3) is 0.947. The Labute approximate surface area is 514 Å². The summed E-state index contributed by atoms with van der Waals surface area (Å²) in [7, 11) is 0. The molecular weight excluding hydrogens is 1010 g/mol. The maximum absolute atomic E-state index is 12.5. The zero-order chi connectivity index (χ0) is 59.2. The van der Waals surface area contributed by atoms with Gasteiger partial charge in [0.2, 0.25) is 5.91 Å². The number of nitrogens with one attached hydrogen (secondary N) is 1. The van der Waals surface area contributed by atoms with Crippen molar-refractivity contribution in [3.63, 3.8) is 0 Å². The van der Waals surface area contributed by atoms with Crippen molar-refractivity contribution in [3.8, 4) is 0 Å². The highest BCUT2D eigenvalue weighted by Gasteiger charge is 2.18. The average molecular weight is 1160 g/mol. The van der Waals surface area contributed by atoms with Crippen molar-refractivity contribution in [3.05, 3.63) is 12.2 Å². The van der Waals surface area contributed by atoms with Gasteiger partial charge in [-0.2, -0.15) is 0 Å². The van der Waals surface area contributed by atoms with Gasteiger partial charge in [-0.15, -0.1) is 0 Å². The minimum absolute atomic E-state index is 0.0255. The van der Waals surface area contributed by atoms with Crippen LogP contribution in [-0.4, -0.2) is 47.4 Å². The van der Waals surface area contributed by atoms with E-state index in [4.69, 9.17) is 4.74 Å². The number of hydrogen-bond acceptors (Lipinski definition) is 5. The lowest BCUT2D eigenvalue weighted by molar-refractivity contribution is -0.143. The van der Waals surface area contributed by atoms with E-state index < -0.39 is 12.1 Å². The molecule has 488 valence electrons. The van der Waals surface area contributed by atoms with E-state index in [1.807, 2.05) is 6.08 Å². The number of rotatable bonds is 72. The highest BCUT2D eigenvalue weighted by atomic mass is 16.5. The Morgan fingerprint density at radius 1 is 0.329 bits per heavy atom. The number of hydrogen-bond donors (Lipinski definition) is 3. The molecule has 0 radical (unpaired) electrons. The molecule has 3 N–H and O–H groups in total. The predicted octanol–water partition coefficient (Wildman–Crippen LogP) is 24.7. The van der Waals surface area contributed by atoms with Crippen molar-refractivity contribution in [2.24, 2.45) is 0 Å². The highest BCUT2D eigenvalue weighted by molar-refractivity contribution is 5.76. The minimum Gasteiger partial charge on any atom is -0.466 e. The van der Waals surface area contributed by atoms with Gasteiger partial charge in [-0.1, -0.05) is 405 Å². The maximum atomic E-state index is 12.5. The molecule has 0 rings (SSSR count). The second-order valence-corrected chi connectivity index (χ2v) is 26.4. The molecule has 0 bridgehead atoms. The number of amides is 1. The largest absolute Gasteiger partial charge is 0.466 e. The van der Waals surface area contributed by atoms with Gasteiger partial charge in [0.15, 0.2) is 0 Å². The Kier molecular flexibility index (Phi) is 70.8. The third kappa shape index (κ3) is 67.7. The number of aliphatic hydroxyl groups excluding tert-OH is 2. The molecule has 0 aliphatic rings. The Bertz CT molecular complexity index is 1240. The van der Waals surface area contributed by atoms with Crippen molar-refractivity contribution in [2.45, 2.75) is 450 Å². The topological polar surface area (TPSA) is 95.9 Å². The van der Waals surface area contributed by atoms with Crippen LogP contribution >= 0.6 is 0 Å². The summed E-state index contributed by atoms with van der Waals surface area (Å²) in [4.78, 5) is 24.6. The second kappa shape index (κ2) is 72.1. The molecule has 0 aliphatic heterocycles. The molecule has 0 aromatic carbocycles. The molecule has 82 heavy (non-hydrogen) atoms. The van der Waals surface area contributed by atoms with Gasteiger partial charge in [0, 0.05) is 12.8 Å². The van der Waals surface area contributed by atoms with Gasteiger partial charge in [0.05, 0.1) is 25.4 Å². The van der Waals surface area contributed by atoms with Crippen LogP contribution in [0.25, 0.3) is 0 Å². The van der Waals surface area contributed by atoms with Crippen molar-refractivity contribution < 1.29 is 24.5 Å². The lowest BCUT2D eigenvalue weighted by Crippen LogP contribution is -2.45. The number of carbonyl (C=O) groups excluding carboxylic acids is 2. The zero-order valence-electron chi connectivity index (χ0n) is 56.0. The molecule has 0 heterocycles. The maximum Gasteiger partial charge on any atom is 0.305 e. The van der Waals surface area contributed by atoms with E-state index in [1.165, 1.54) is 372 Å². The van der Waals surface area contributed by atoms with Crippen LogP contribution in [0.5, 0.6) is 0 Å². The van der Waals surface area contributed by atoms with Gasteiger partial charge < -0.3 is 20.3 Å². The van der Waals surface area contributed by atoms with E-state index >= 15 is 0 Å². The standard InChI is InChI=1S/C76H149NO5/c1-3-5-7-9-11-13-15-17-19-37-40-44-48-52-56-60-64-68-74(79)73(72-78)77-75(80)69-65-61-57-53-49-45-41-38-35-33-31-29-27-25-23-21-22-24-26-28-30-32-34-36-39-43-47-51-55-59-63-67-71-82-76(81)70-66-62-58-54-50-46-42-20-18-16-14-12-10-8-6-4-2/h64,68,73-74,78-79H,3-63,65-67,69-72H2,1-2H3,(H,77,80)/b68-64+. The molecule has 0 fully saturated rings. The van der Waals surface area contributed by atoms with E-state index in [0.29, 0.717) is 19.4 Å². The van der Waals surface area contributed by atoms with Gasteiger partial charge in [-0.25, -0.2) is 0 Å². The molecule has 0 aromatic rings. The molecular formula is C76H149NO5. The third-order valence-electron chi connectivity index (χ3n) is 18.1. The number of carbonyl (C=O) groups is 2. The summed E-state index contributed by atoms with van der Waals surface area (Å²) in [6, 6.07) is -0.624. The Balaban J connectivity index is 3.32. The molecule has 6 heteroatoms. The zero-order valence-corrected chi connectivity index (χ0v) is 56.0. The summed E-state index contributed by atoms with van der Waals surface area (Å²) in [5.74, 6) is -0.0339. The van der Waals surface area contributed by atoms with Crippen LogP contribution in [0.4, 0.5) is 0 Å². The summed E-state index contributed by atoms with van der Waals surface area (Å²) in [5, 5.41) is 23.2. The first-order chi connectivity index (χ1) is 40.5. The van der Waals surface area contributed by atoms with Gasteiger partial charge in [0.1, 0.15) is 0 Å². The van der Waals surface area contributed by atoms with E-state index in [2.05, 4.69) is 19.2 Å². The van der Waals surface area contributed by atoms with Crippen LogP contribution < -0.4 is 5.32 Å². The van der Waals surface area contributed by atoms with Gasteiger partial charge in [-0.3, -0.25) is 9.59 Å². The first-order valence-electron chi connectivity index (χ1n) is 38.0. The number of ether oxygens (including phenoxy) is 1. The van der Waals surface area contributed by atoms with Crippen LogP contribution in [0.1, 0.15) is 438 Å². The summed E-state index contributed by atoms with van der Waals surface area (Å²) >= 11 is 0. The molecule has 0 spiro atoms. The van der Waals surface area contributed by atoms with E-state index in [-0.39, 0.29) is 18.5 Å². The molecule has 2 unspecified atom stereocenters. The minimum atomic E-state index is -0.841. The Hall–Kier alpha value is -1.40. The summed E-state index contributed by atoms with van der Waals surface area (Å²) in [6.07, 6.45) is 90.4. The van der Waals surface area contributed by atoms with Crippen LogP contribution in [-0.2, 0) is 14.3 Å². The molecule has 0 saturated carbocycles. The first kappa shape index (κ1) is 80.6. The number of allylic oxidation sites excluding steroid dienone is 1. The molecule has 2 atom stereocenters. The van der Waals surface area contributed by atoms with E-state index in [0.717, 1.165) is 38.5 Å². The normalized spacial score (nSPS) is 12.5. The predicted molar refractivity (Wildman–Crippen MR) is 361 cm³/mol. The van der Waals surface area contributed by atoms with Crippen LogP contribution in [0.15, 0.2) is 12.2 Å². The monoisotopic (exact) mass is 1160 g/mol. The van der Waals surface area contributed by atoms with Crippen LogP contribution in [0.3, 0.4) is 0 Å². The SMILES string of the molecule is CCCCCCCCCCCCCCCCC/C=C/C(O)C(CO)NC(=O)CCCCCCCCCCCCCCCCCCCCCCCCCCCCCCCCCCOC(=O)CCCCCCCCCCCCCCCCCC. The quantitative estimate of drug-likeness (QED) is 0.0320. The third-order valence-corrected chi connectivity index (χ3v) is 18.1. The Morgan fingerprint density at radius 3 is 0.829 bits per heavy atom. The second-order valence-electron chi connectivity index (χ2n) is 26.4. The molecule has 0 saturated heterocycles. The lowest BCUT2D eigenvalue weighted by atomic mass is 10.0. The fourth-order valence-electron chi connectivity index (χ4n) is 12.3.